The summed E-state index contributed by atoms with van der Waals surface area (Å²) in [6, 6.07) is 0. The molecule has 7 nitrogen and oxygen atoms in total. The molecule has 0 saturated carbocycles. The van der Waals surface area contributed by atoms with Crippen molar-refractivity contribution in [3.8, 4) is 0 Å². The van der Waals surface area contributed by atoms with E-state index < -0.39 is 15.9 Å². The van der Waals surface area contributed by atoms with E-state index in [1.165, 1.54) is 44.9 Å². The van der Waals surface area contributed by atoms with Crippen LogP contribution in [0.5, 0.6) is 0 Å². The Morgan fingerprint density at radius 3 is 2.33 bits per heavy atom. The Morgan fingerprint density at radius 2 is 1.70 bits per heavy atom. The number of nitrogens with one attached hydrogen (secondary N) is 1. The molecule has 0 unspecified atom stereocenters. The van der Waals surface area contributed by atoms with E-state index in [2.05, 4.69) is 12.2 Å². The van der Waals surface area contributed by atoms with Crippen LogP contribution in [-0.2, 0) is 24.3 Å². The van der Waals surface area contributed by atoms with Gasteiger partial charge in [-0.3, -0.25) is 4.55 Å². The van der Waals surface area contributed by atoms with Gasteiger partial charge in [-0.05, 0) is 26.3 Å². The van der Waals surface area contributed by atoms with Gasteiger partial charge in [0.15, 0.2) is 5.79 Å². The van der Waals surface area contributed by atoms with Crippen molar-refractivity contribution in [2.75, 3.05) is 45.3 Å². The van der Waals surface area contributed by atoms with Gasteiger partial charge < -0.3 is 19.5 Å². The first-order valence-electron chi connectivity index (χ1n) is 10.4. The minimum atomic E-state index is -3.92. The zero-order valence-corrected chi connectivity index (χ0v) is 17.9. The molecule has 1 rings (SSSR count). The molecule has 0 aromatic carbocycles. The van der Waals surface area contributed by atoms with Crippen LogP contribution in [0.4, 0.5) is 0 Å². The van der Waals surface area contributed by atoms with Gasteiger partial charge in [-0.15, -0.1) is 0 Å². The Labute approximate surface area is 165 Å². The lowest BCUT2D eigenvalue weighted by Crippen LogP contribution is -2.47. The molecule has 0 spiro atoms. The van der Waals surface area contributed by atoms with Gasteiger partial charge in [0.05, 0.1) is 19.0 Å². The van der Waals surface area contributed by atoms with E-state index in [1.54, 1.807) is 0 Å². The van der Waals surface area contributed by atoms with Crippen molar-refractivity contribution in [1.29, 1.82) is 0 Å². The number of unbranched alkanes of at least 4 members (excludes halogenated alkanes) is 6. The molecule has 1 heterocycles. The molecular weight excluding hydrogens is 370 g/mol. The molecule has 27 heavy (non-hydrogen) atoms. The summed E-state index contributed by atoms with van der Waals surface area (Å²) >= 11 is 0. The summed E-state index contributed by atoms with van der Waals surface area (Å²) < 4.78 is 47.0. The molecule has 0 bridgehead atoms. The monoisotopic (exact) mass is 409 g/mol. The average molecular weight is 410 g/mol. The third kappa shape index (κ3) is 13.5. The highest BCUT2D eigenvalue weighted by molar-refractivity contribution is 7.85. The van der Waals surface area contributed by atoms with E-state index in [1.807, 2.05) is 6.92 Å². The molecule has 8 heteroatoms. The molecule has 0 aliphatic carbocycles. The minimum Gasteiger partial charge on any atom is -0.376 e. The van der Waals surface area contributed by atoms with E-state index in [0.29, 0.717) is 19.1 Å². The van der Waals surface area contributed by atoms with Crippen molar-refractivity contribution >= 4 is 10.1 Å². The molecule has 1 aliphatic rings. The van der Waals surface area contributed by atoms with Crippen LogP contribution in [0.2, 0.25) is 0 Å². The van der Waals surface area contributed by atoms with Gasteiger partial charge in [0.1, 0.15) is 6.61 Å². The van der Waals surface area contributed by atoms with Gasteiger partial charge in [-0.1, -0.05) is 45.4 Å². The lowest BCUT2D eigenvalue weighted by atomic mass is 10.1. The van der Waals surface area contributed by atoms with E-state index >= 15 is 0 Å². The van der Waals surface area contributed by atoms with Crippen LogP contribution < -0.4 is 5.32 Å². The summed E-state index contributed by atoms with van der Waals surface area (Å²) in [7, 11) is -3.92. The van der Waals surface area contributed by atoms with Crippen molar-refractivity contribution in [3.05, 3.63) is 0 Å². The van der Waals surface area contributed by atoms with Crippen LogP contribution in [0.15, 0.2) is 0 Å². The van der Waals surface area contributed by atoms with E-state index in [4.69, 9.17) is 18.8 Å². The maximum Gasteiger partial charge on any atom is 0.264 e. The van der Waals surface area contributed by atoms with Crippen LogP contribution in [-0.4, -0.2) is 64.0 Å². The Balaban J connectivity index is 1.98. The SMILES string of the molecule is CCCCCCCCCNCC1COC(C)(COCCCS(=O)(=O)O)OC1. The summed E-state index contributed by atoms with van der Waals surface area (Å²) in [4.78, 5) is 0. The van der Waals surface area contributed by atoms with Crippen molar-refractivity contribution in [2.45, 2.75) is 71.0 Å². The Morgan fingerprint density at radius 1 is 1.07 bits per heavy atom. The molecule has 0 radical (unpaired) electrons. The number of hydrogen-bond acceptors (Lipinski definition) is 6. The molecule has 0 aromatic heterocycles. The fraction of sp³-hybridized carbons (Fsp3) is 1.00. The first kappa shape index (κ1) is 24.8. The molecule has 0 aromatic rings. The molecule has 0 atom stereocenters. The third-order valence-corrected chi connectivity index (χ3v) is 5.50. The first-order chi connectivity index (χ1) is 12.8. The topological polar surface area (TPSA) is 94.1 Å². The van der Waals surface area contributed by atoms with Gasteiger partial charge in [0.2, 0.25) is 0 Å². The van der Waals surface area contributed by atoms with Gasteiger partial charge in [0, 0.05) is 19.1 Å². The van der Waals surface area contributed by atoms with Crippen LogP contribution in [0.25, 0.3) is 0 Å². The number of hydrogen-bond donors (Lipinski definition) is 2. The number of ether oxygens (including phenoxy) is 3. The molecule has 1 fully saturated rings. The predicted molar refractivity (Wildman–Crippen MR) is 107 cm³/mol. The van der Waals surface area contributed by atoms with Crippen molar-refractivity contribution < 1.29 is 27.2 Å². The van der Waals surface area contributed by atoms with E-state index in [0.717, 1.165) is 13.1 Å². The Bertz CT molecular complexity index is 463. The van der Waals surface area contributed by atoms with Gasteiger partial charge in [0.25, 0.3) is 10.1 Å². The second-order valence-electron chi connectivity index (χ2n) is 7.64. The maximum atomic E-state index is 10.6. The largest absolute Gasteiger partial charge is 0.376 e. The third-order valence-electron chi connectivity index (χ3n) is 4.69. The van der Waals surface area contributed by atoms with Crippen LogP contribution in [0.1, 0.15) is 65.2 Å². The lowest BCUT2D eigenvalue weighted by Gasteiger charge is -2.37. The lowest BCUT2D eigenvalue weighted by molar-refractivity contribution is -0.290. The standard InChI is InChI=1S/C19H39NO6S/c1-3-4-5-6-7-8-9-11-20-14-18-15-25-19(2,26-16-18)17-24-12-10-13-27(21,22)23/h18,20H,3-17H2,1-2H3,(H,21,22,23). The quantitative estimate of drug-likeness (QED) is 0.299. The molecule has 2 N–H and O–H groups in total. The second-order valence-corrected chi connectivity index (χ2v) is 9.21. The molecule has 162 valence electrons. The minimum absolute atomic E-state index is 0.242. The number of rotatable bonds is 16. The fourth-order valence-corrected chi connectivity index (χ4v) is 3.48. The first-order valence-corrected chi connectivity index (χ1v) is 12.0. The molecule has 1 aliphatic heterocycles. The van der Waals surface area contributed by atoms with Crippen molar-refractivity contribution in [3.63, 3.8) is 0 Å². The summed E-state index contributed by atoms with van der Waals surface area (Å²) in [5.41, 5.74) is 0. The zero-order valence-electron chi connectivity index (χ0n) is 17.1. The molecular formula is C19H39NO6S. The molecule has 1 saturated heterocycles. The highest BCUT2D eigenvalue weighted by Crippen LogP contribution is 2.21. The van der Waals surface area contributed by atoms with Gasteiger partial charge in [-0.25, -0.2) is 0 Å². The smallest absolute Gasteiger partial charge is 0.264 e. The average Bonchev–Trinajstić information content (AvgIpc) is 2.61. The Kier molecular flexibility index (Phi) is 12.7. The highest BCUT2D eigenvalue weighted by Gasteiger charge is 2.33. The predicted octanol–water partition coefficient (Wildman–Crippen LogP) is 3.00. The van der Waals surface area contributed by atoms with Crippen LogP contribution >= 0.6 is 0 Å². The van der Waals surface area contributed by atoms with Crippen molar-refractivity contribution in [2.24, 2.45) is 5.92 Å². The van der Waals surface area contributed by atoms with Gasteiger partial charge >= 0.3 is 0 Å². The zero-order chi connectivity index (χ0) is 20.0. The van der Waals surface area contributed by atoms with E-state index in [9.17, 15) is 8.42 Å². The van der Waals surface area contributed by atoms with Crippen LogP contribution in [0.3, 0.4) is 0 Å². The molecule has 0 amide bonds. The maximum absolute atomic E-state index is 10.6. The van der Waals surface area contributed by atoms with Crippen LogP contribution in [0, 0.1) is 5.92 Å². The normalized spacial score (nSPS) is 23.6. The van der Waals surface area contributed by atoms with Gasteiger partial charge in [-0.2, -0.15) is 8.42 Å². The summed E-state index contributed by atoms with van der Waals surface area (Å²) in [6.45, 7) is 7.73. The fourth-order valence-electron chi connectivity index (χ4n) is 2.99. The summed E-state index contributed by atoms with van der Waals surface area (Å²) in [5.74, 6) is -0.743. The van der Waals surface area contributed by atoms with E-state index in [-0.39, 0.29) is 25.4 Å². The Hall–Kier alpha value is -0.250. The summed E-state index contributed by atoms with van der Waals surface area (Å²) in [5, 5.41) is 3.49. The highest BCUT2D eigenvalue weighted by atomic mass is 32.2. The van der Waals surface area contributed by atoms with Crippen molar-refractivity contribution in [1.82, 2.24) is 5.32 Å². The second kappa shape index (κ2) is 13.8. The summed E-state index contributed by atoms with van der Waals surface area (Å²) in [6.07, 6.45) is 9.47.